The van der Waals surface area contributed by atoms with Crippen LogP contribution in [0.2, 0.25) is 26.2 Å². The van der Waals surface area contributed by atoms with Gasteiger partial charge < -0.3 is 9.75 Å². The van der Waals surface area contributed by atoms with Gasteiger partial charge in [0, 0.05) is 0 Å². The van der Waals surface area contributed by atoms with Gasteiger partial charge in [-0.3, -0.25) is 0 Å². The second-order valence-corrected chi connectivity index (χ2v) is 10.9. The third-order valence-electron chi connectivity index (χ3n) is 1.71. The van der Waals surface area contributed by atoms with Crippen LogP contribution in [0.3, 0.4) is 0 Å². The van der Waals surface area contributed by atoms with Crippen molar-refractivity contribution in [3.05, 3.63) is 65.3 Å². The Morgan fingerprint density at radius 1 is 0.818 bits per heavy atom. The van der Waals surface area contributed by atoms with Gasteiger partial charge in [-0.15, -0.1) is 6.10 Å². The first-order chi connectivity index (χ1) is 9.86. The van der Waals surface area contributed by atoms with Crippen LogP contribution in [-0.2, 0) is 26.2 Å². The first-order valence-electron chi connectivity index (χ1n) is 7.55. The van der Waals surface area contributed by atoms with Gasteiger partial charge in [0.15, 0.2) is 0 Å². The van der Waals surface area contributed by atoms with Crippen molar-refractivity contribution in [2.45, 2.75) is 46.1 Å². The van der Waals surface area contributed by atoms with E-state index < -0.39 is 24.0 Å². The first kappa shape index (κ1) is 26.8. The quantitative estimate of drug-likeness (QED) is 0.541. The molecule has 2 nitrogen and oxygen atoms in total. The van der Waals surface area contributed by atoms with Gasteiger partial charge in [0.1, 0.15) is 0 Å². The fourth-order valence-corrected chi connectivity index (χ4v) is 6.01. The molecule has 0 atom stereocenters. The maximum Gasteiger partial charge on any atom is 3.00 e. The first-order valence-corrected chi connectivity index (χ1v) is 13.2. The van der Waals surface area contributed by atoms with Crippen LogP contribution in [0.15, 0.2) is 60.7 Å². The molecule has 0 unspecified atom stereocenters. The molecule has 0 fully saturated rings. The van der Waals surface area contributed by atoms with E-state index in [0.717, 1.165) is 0 Å². The average molecular weight is 414 g/mol. The van der Waals surface area contributed by atoms with Gasteiger partial charge in [0.2, 0.25) is 0 Å². The molecular formula is C17H32NOSi2Zr. The Kier molecular flexibility index (Phi) is 25.5. The van der Waals surface area contributed by atoms with Crippen molar-refractivity contribution in [1.29, 1.82) is 0 Å². The van der Waals surface area contributed by atoms with Crippen LogP contribution >= 0.6 is 0 Å². The van der Waals surface area contributed by atoms with Crippen molar-refractivity contribution in [2.75, 3.05) is 0 Å². The fourth-order valence-electron chi connectivity index (χ4n) is 1.24. The molecular weight excluding hydrogens is 382 g/mol. The molecule has 0 aromatic heterocycles. The second-order valence-electron chi connectivity index (χ2n) is 5.31. The molecule has 0 aliphatic carbocycles. The average Bonchev–Trinajstić information content (AvgIpc) is 3.07. The molecule has 2 aromatic carbocycles. The molecule has 0 amide bonds. The molecule has 0 N–H and O–H groups in total. The molecule has 1 radical (unpaired) electrons. The molecule has 2 aromatic rings. The van der Waals surface area contributed by atoms with Crippen LogP contribution in [0, 0.1) is 0 Å². The van der Waals surface area contributed by atoms with Crippen LogP contribution in [0.5, 0.6) is 0 Å². The third kappa shape index (κ3) is 36.8. The summed E-state index contributed by atoms with van der Waals surface area (Å²) in [6, 6.07) is 20.0. The fraction of sp³-hybridized carbons (Fsp3) is 0.412. The summed E-state index contributed by atoms with van der Waals surface area (Å²) in [6.45, 7) is 12.3. The minimum Gasteiger partial charge on any atom is -0.852 e. The number of hydrogen-bond donors (Lipinski definition) is 0. The summed E-state index contributed by atoms with van der Waals surface area (Å²) in [5.74, 6) is 0. The van der Waals surface area contributed by atoms with Gasteiger partial charge in [-0.2, -0.15) is 36.4 Å². The van der Waals surface area contributed by atoms with Crippen molar-refractivity contribution >= 4 is 17.9 Å². The summed E-state index contributed by atoms with van der Waals surface area (Å²) in [6.07, 6.45) is -0.417. The van der Waals surface area contributed by atoms with Crippen molar-refractivity contribution in [3.8, 4) is 0 Å². The van der Waals surface area contributed by atoms with E-state index in [1.165, 1.54) is 0 Å². The summed E-state index contributed by atoms with van der Waals surface area (Å²) in [5, 5.41) is 9.53. The van der Waals surface area contributed by atoms with Crippen molar-refractivity contribution in [1.82, 2.24) is 0 Å². The maximum absolute atomic E-state index is 9.53. The molecule has 22 heavy (non-hydrogen) atoms. The third-order valence-corrected chi connectivity index (χ3v) is 6.48. The second kappa shape index (κ2) is 20.9. The van der Waals surface area contributed by atoms with Crippen LogP contribution < -0.4 is 5.11 Å². The maximum atomic E-state index is 9.53. The van der Waals surface area contributed by atoms with E-state index in [-0.39, 0.29) is 27.6 Å². The zero-order chi connectivity index (χ0) is 16.5. The molecule has 0 saturated carbocycles. The zero-order valence-electron chi connectivity index (χ0n) is 15.9. The number of nitrogens with zero attached hydrogens (tertiary/aromatic N) is 1. The zero-order valence-corrected chi connectivity index (χ0v) is 19.6. The van der Waals surface area contributed by atoms with Crippen LogP contribution in [0.1, 0.15) is 15.3 Å². The summed E-state index contributed by atoms with van der Waals surface area (Å²) in [4.78, 5) is 0. The van der Waals surface area contributed by atoms with E-state index in [9.17, 15) is 5.11 Å². The number of hydrogen-bond acceptors (Lipinski definition) is 1. The summed E-state index contributed by atoms with van der Waals surface area (Å²) in [7, 11) is -1.08. The van der Waals surface area contributed by atoms with E-state index in [2.05, 4.69) is 30.8 Å². The molecule has 2 rings (SSSR count). The van der Waals surface area contributed by atoms with Crippen molar-refractivity contribution in [2.24, 2.45) is 0 Å². The predicted octanol–water partition coefficient (Wildman–Crippen LogP) is 4.00. The molecule has 123 valence electrons. The molecule has 0 heterocycles. The Hall–Kier alpha value is -0.0631. The van der Waals surface area contributed by atoms with Gasteiger partial charge in [-0.05, 0) is 0 Å². The molecule has 0 aliphatic heterocycles. The smallest absolute Gasteiger partial charge is 0.852 e. The largest absolute Gasteiger partial charge is 3.00 e. The summed E-state index contributed by atoms with van der Waals surface area (Å²) >= 11 is 0. The van der Waals surface area contributed by atoms with Gasteiger partial charge in [-0.25, -0.2) is 24.3 Å². The Labute approximate surface area is 161 Å². The molecule has 0 bridgehead atoms. The Balaban J connectivity index is -0.000000103. The van der Waals surface area contributed by atoms with E-state index in [1.54, 1.807) is 13.8 Å². The topological polar surface area (TPSA) is 37.2 Å². The predicted molar refractivity (Wildman–Crippen MR) is 101 cm³/mol. The van der Waals surface area contributed by atoms with Gasteiger partial charge in [0.25, 0.3) is 0 Å². The number of rotatable bonds is 2. The van der Waals surface area contributed by atoms with Gasteiger partial charge in [0.05, 0.1) is 0 Å². The van der Waals surface area contributed by atoms with Crippen LogP contribution in [-0.4, -0.2) is 24.0 Å². The van der Waals surface area contributed by atoms with Crippen molar-refractivity contribution in [3.63, 3.8) is 0 Å². The van der Waals surface area contributed by atoms with Crippen LogP contribution in [0.4, 0.5) is 0 Å². The van der Waals surface area contributed by atoms with Gasteiger partial charge in [-0.1, -0.05) is 58.0 Å². The Morgan fingerprint density at radius 3 is 1.09 bits per heavy atom. The molecule has 0 saturated heterocycles. The minimum absolute atomic E-state index is 0. The van der Waals surface area contributed by atoms with Crippen LogP contribution in [0.25, 0.3) is 4.65 Å². The Bertz CT molecular complexity index is 285. The van der Waals surface area contributed by atoms with E-state index in [0.29, 0.717) is 0 Å². The van der Waals surface area contributed by atoms with Crippen molar-refractivity contribution < 1.29 is 32.7 Å². The van der Waals surface area contributed by atoms with E-state index >= 15 is 0 Å². The normalized spacial score (nSPS) is 8.82. The monoisotopic (exact) mass is 412 g/mol. The minimum atomic E-state index is -0.542. The molecule has 5 heteroatoms. The Morgan fingerprint density at radius 2 is 1.05 bits per heavy atom. The molecule has 0 aliphatic rings. The standard InChI is InChI=1S/2C5H5.C4H14NSi2.C3H7O.Zr/c2*1-2-4-5-3-1;1-6(2)5-7(3)4;1-3(2)4;/h2*1-5H;6-7H,1-4H3;3H,1-2H3;/q4*-1;+3/p+1. The van der Waals surface area contributed by atoms with Gasteiger partial charge >= 0.3 is 27.6 Å². The molecule has 0 spiro atoms. The summed E-state index contributed by atoms with van der Waals surface area (Å²) < 4.78 is 4.56. The SMILES string of the molecule is CC(C)[O-].C[SiH](C)[N-][SiH](C)C.[H+].[Zr+3].c1cc[cH-]c1.c1cc[cH-]c1. The van der Waals surface area contributed by atoms with E-state index in [1.807, 2.05) is 60.7 Å². The summed E-state index contributed by atoms with van der Waals surface area (Å²) in [5.41, 5.74) is 0. The van der Waals surface area contributed by atoms with E-state index in [4.69, 9.17) is 0 Å².